The van der Waals surface area contributed by atoms with Crippen molar-refractivity contribution in [3.63, 3.8) is 0 Å². The fourth-order valence-electron chi connectivity index (χ4n) is 2.67. The van der Waals surface area contributed by atoms with E-state index in [1.807, 2.05) is 22.4 Å². The molecule has 2 aliphatic rings. The maximum atomic E-state index is 12.6. The van der Waals surface area contributed by atoms with Crippen molar-refractivity contribution < 1.29 is 14.3 Å². The highest BCUT2D eigenvalue weighted by atomic mass is 32.1. The zero-order valence-electron chi connectivity index (χ0n) is 13.0. The van der Waals surface area contributed by atoms with Crippen LogP contribution in [0.1, 0.15) is 17.7 Å². The molecule has 4 rings (SSSR count). The summed E-state index contributed by atoms with van der Waals surface area (Å²) in [6.45, 7) is 0.628. The number of hydrogen-bond donors (Lipinski definition) is 2. The average molecular weight is 343 g/mol. The van der Waals surface area contributed by atoms with Gasteiger partial charge in [-0.1, -0.05) is 6.07 Å². The topological polar surface area (TPSA) is 70.7 Å². The maximum Gasteiger partial charge on any atom is 0.322 e. The van der Waals surface area contributed by atoms with Gasteiger partial charge in [-0.25, -0.2) is 4.79 Å². The quantitative estimate of drug-likeness (QED) is 0.895. The molecule has 2 N–H and O–H groups in total. The first-order valence-electron chi connectivity index (χ1n) is 7.86. The number of anilines is 2. The van der Waals surface area contributed by atoms with E-state index >= 15 is 0 Å². The van der Waals surface area contributed by atoms with Crippen molar-refractivity contribution in [3.05, 3.63) is 40.6 Å². The number of amides is 3. The van der Waals surface area contributed by atoms with Crippen LogP contribution in [0.3, 0.4) is 0 Å². The molecule has 1 saturated carbocycles. The number of nitrogens with one attached hydrogen (secondary N) is 2. The Morgan fingerprint density at radius 1 is 1.38 bits per heavy atom. The van der Waals surface area contributed by atoms with Crippen molar-refractivity contribution in [2.45, 2.75) is 25.4 Å². The van der Waals surface area contributed by atoms with Crippen LogP contribution in [0.5, 0.6) is 5.75 Å². The summed E-state index contributed by atoms with van der Waals surface area (Å²) in [6.07, 6.45) is 2.11. The molecule has 0 saturated heterocycles. The lowest BCUT2D eigenvalue weighted by molar-refractivity contribution is -0.118. The van der Waals surface area contributed by atoms with Gasteiger partial charge in [0.05, 0.1) is 12.2 Å². The fraction of sp³-hybridized carbons (Fsp3) is 0.294. The standard InChI is InChI=1S/C17H17N3O3S/c21-16-10-23-15-8-11(3-6-14(15)19-16)18-17(22)20(12-4-5-12)9-13-2-1-7-24-13/h1-3,6-8,12H,4-5,9-10H2,(H,18,22)(H,19,21). The second kappa shape index (κ2) is 6.16. The third-order valence-electron chi connectivity index (χ3n) is 4.02. The lowest BCUT2D eigenvalue weighted by atomic mass is 10.2. The molecule has 0 radical (unpaired) electrons. The summed E-state index contributed by atoms with van der Waals surface area (Å²) in [5.41, 5.74) is 1.29. The van der Waals surface area contributed by atoms with E-state index in [0.29, 0.717) is 29.7 Å². The third-order valence-corrected chi connectivity index (χ3v) is 4.88. The second-order valence-electron chi connectivity index (χ2n) is 5.92. The van der Waals surface area contributed by atoms with Crippen LogP contribution in [0.25, 0.3) is 0 Å². The summed E-state index contributed by atoms with van der Waals surface area (Å²) in [7, 11) is 0. The van der Waals surface area contributed by atoms with E-state index < -0.39 is 0 Å². The maximum absolute atomic E-state index is 12.6. The number of urea groups is 1. The van der Waals surface area contributed by atoms with E-state index in [1.165, 1.54) is 4.88 Å². The molecular weight excluding hydrogens is 326 g/mol. The summed E-state index contributed by atoms with van der Waals surface area (Å²) in [4.78, 5) is 27.0. The minimum absolute atomic E-state index is 0.00300. The van der Waals surface area contributed by atoms with E-state index in [-0.39, 0.29) is 18.5 Å². The summed E-state index contributed by atoms with van der Waals surface area (Å²) >= 11 is 1.66. The van der Waals surface area contributed by atoms with Gasteiger partial charge in [0.1, 0.15) is 5.75 Å². The van der Waals surface area contributed by atoms with Crippen molar-refractivity contribution in [2.24, 2.45) is 0 Å². The molecule has 1 aliphatic carbocycles. The molecule has 2 heterocycles. The number of carbonyl (C=O) groups excluding carboxylic acids is 2. The molecule has 1 fully saturated rings. The van der Waals surface area contributed by atoms with Gasteiger partial charge in [-0.15, -0.1) is 11.3 Å². The monoisotopic (exact) mass is 343 g/mol. The predicted octanol–water partition coefficient (Wildman–Crippen LogP) is 3.28. The Labute approximate surface area is 143 Å². The Morgan fingerprint density at radius 2 is 2.25 bits per heavy atom. The van der Waals surface area contributed by atoms with Gasteiger partial charge in [-0.2, -0.15) is 0 Å². The third kappa shape index (κ3) is 3.21. The second-order valence-corrected chi connectivity index (χ2v) is 6.95. The fourth-order valence-corrected chi connectivity index (χ4v) is 3.37. The molecule has 0 atom stereocenters. The molecule has 0 bridgehead atoms. The first-order valence-corrected chi connectivity index (χ1v) is 8.74. The molecule has 24 heavy (non-hydrogen) atoms. The number of rotatable bonds is 4. The van der Waals surface area contributed by atoms with Crippen molar-refractivity contribution >= 4 is 34.6 Å². The SMILES string of the molecule is O=C1COc2cc(NC(=O)N(Cc3cccs3)C3CC3)ccc2N1. The minimum Gasteiger partial charge on any atom is -0.482 e. The molecule has 3 amide bonds. The number of ether oxygens (including phenoxy) is 1. The highest BCUT2D eigenvalue weighted by Crippen LogP contribution is 2.32. The molecule has 124 valence electrons. The Bertz CT molecular complexity index is 771. The van der Waals surface area contributed by atoms with E-state index in [1.54, 1.807) is 29.5 Å². The lowest BCUT2D eigenvalue weighted by Gasteiger charge is -2.23. The van der Waals surface area contributed by atoms with Crippen molar-refractivity contribution in [2.75, 3.05) is 17.2 Å². The average Bonchev–Trinajstić information content (AvgIpc) is 3.28. The number of fused-ring (bicyclic) bond motifs is 1. The smallest absolute Gasteiger partial charge is 0.322 e. The molecule has 1 aromatic carbocycles. The first kappa shape index (κ1) is 15.0. The largest absolute Gasteiger partial charge is 0.482 e. The number of benzene rings is 1. The van der Waals surface area contributed by atoms with Crippen LogP contribution in [0.2, 0.25) is 0 Å². The highest BCUT2D eigenvalue weighted by molar-refractivity contribution is 7.09. The van der Waals surface area contributed by atoms with Gasteiger partial charge >= 0.3 is 6.03 Å². The van der Waals surface area contributed by atoms with Crippen molar-refractivity contribution in [1.82, 2.24) is 4.90 Å². The van der Waals surface area contributed by atoms with E-state index in [4.69, 9.17) is 4.74 Å². The predicted molar refractivity (Wildman–Crippen MR) is 92.5 cm³/mol. The van der Waals surface area contributed by atoms with Crippen molar-refractivity contribution in [1.29, 1.82) is 0 Å². The van der Waals surface area contributed by atoms with E-state index in [0.717, 1.165) is 12.8 Å². The Hall–Kier alpha value is -2.54. The van der Waals surface area contributed by atoms with Crippen molar-refractivity contribution in [3.8, 4) is 5.75 Å². The van der Waals surface area contributed by atoms with E-state index in [9.17, 15) is 9.59 Å². The number of nitrogens with zero attached hydrogens (tertiary/aromatic N) is 1. The number of carbonyl (C=O) groups is 2. The van der Waals surface area contributed by atoms with Gasteiger partial charge in [0.15, 0.2) is 6.61 Å². The Kier molecular flexibility index (Phi) is 3.86. The highest BCUT2D eigenvalue weighted by Gasteiger charge is 2.33. The normalized spacial score (nSPS) is 15.9. The van der Waals surface area contributed by atoms with Gasteiger partial charge < -0.3 is 20.3 Å². The summed E-state index contributed by atoms with van der Waals surface area (Å²) in [5, 5.41) is 7.69. The summed E-state index contributed by atoms with van der Waals surface area (Å²) < 4.78 is 5.39. The van der Waals surface area contributed by atoms with Crippen LogP contribution in [-0.4, -0.2) is 29.5 Å². The van der Waals surface area contributed by atoms with Crippen LogP contribution in [0.15, 0.2) is 35.7 Å². The van der Waals surface area contributed by atoms with Crippen LogP contribution in [-0.2, 0) is 11.3 Å². The molecule has 1 aromatic heterocycles. The molecule has 1 aliphatic heterocycles. The van der Waals surface area contributed by atoms with Crippen LogP contribution >= 0.6 is 11.3 Å². The molecule has 7 heteroatoms. The number of hydrogen-bond acceptors (Lipinski definition) is 4. The Morgan fingerprint density at radius 3 is 3.00 bits per heavy atom. The van der Waals surface area contributed by atoms with Crippen LogP contribution in [0, 0.1) is 0 Å². The summed E-state index contributed by atoms with van der Waals surface area (Å²) in [5.74, 6) is 0.402. The molecule has 2 aromatic rings. The molecule has 0 spiro atoms. The van der Waals surface area contributed by atoms with Gasteiger partial charge in [-0.3, -0.25) is 4.79 Å². The summed E-state index contributed by atoms with van der Waals surface area (Å²) in [6, 6.07) is 9.50. The molecular formula is C17H17N3O3S. The van der Waals surface area contributed by atoms with Gasteiger partial charge in [0.2, 0.25) is 0 Å². The zero-order chi connectivity index (χ0) is 16.5. The van der Waals surface area contributed by atoms with E-state index in [2.05, 4.69) is 10.6 Å². The molecule has 6 nitrogen and oxygen atoms in total. The van der Waals surface area contributed by atoms with Crippen LogP contribution in [0.4, 0.5) is 16.2 Å². The zero-order valence-corrected chi connectivity index (χ0v) is 13.8. The lowest BCUT2D eigenvalue weighted by Crippen LogP contribution is -2.36. The first-order chi connectivity index (χ1) is 11.7. The minimum atomic E-state index is -0.171. The number of thiophene rings is 1. The van der Waals surface area contributed by atoms with Gasteiger partial charge in [0.25, 0.3) is 5.91 Å². The Balaban J connectivity index is 1.47. The van der Waals surface area contributed by atoms with Gasteiger partial charge in [0, 0.05) is 22.7 Å². The van der Waals surface area contributed by atoms with Gasteiger partial charge in [-0.05, 0) is 36.4 Å². The molecule has 0 unspecified atom stereocenters. The van der Waals surface area contributed by atoms with Crippen LogP contribution < -0.4 is 15.4 Å².